The Balaban J connectivity index is 1.48. The fourth-order valence-corrected chi connectivity index (χ4v) is 4.27. The van der Waals surface area contributed by atoms with E-state index in [0.29, 0.717) is 36.6 Å². The van der Waals surface area contributed by atoms with Crippen LogP contribution in [0.2, 0.25) is 0 Å². The van der Waals surface area contributed by atoms with Crippen molar-refractivity contribution in [2.24, 2.45) is 0 Å². The Bertz CT molecular complexity index is 938. The number of piperazine rings is 1. The van der Waals surface area contributed by atoms with Gasteiger partial charge in [-0.25, -0.2) is 17.2 Å². The molecule has 157 valence electrons. The lowest BCUT2D eigenvalue weighted by atomic mass is 10.00. The van der Waals surface area contributed by atoms with Crippen LogP contribution in [0.4, 0.5) is 8.78 Å². The van der Waals surface area contributed by atoms with Gasteiger partial charge in [0.2, 0.25) is 10.0 Å². The number of sulfonamides is 1. The van der Waals surface area contributed by atoms with Gasteiger partial charge < -0.3 is 9.64 Å². The summed E-state index contributed by atoms with van der Waals surface area (Å²) in [6, 6.07) is 10.1. The first-order chi connectivity index (χ1) is 13.7. The summed E-state index contributed by atoms with van der Waals surface area (Å²) < 4.78 is 57.2. The van der Waals surface area contributed by atoms with Crippen molar-refractivity contribution in [3.8, 4) is 16.9 Å². The highest BCUT2D eigenvalue weighted by molar-refractivity contribution is 7.88. The second kappa shape index (κ2) is 9.19. The van der Waals surface area contributed by atoms with Crippen LogP contribution in [-0.4, -0.2) is 63.2 Å². The van der Waals surface area contributed by atoms with E-state index in [1.807, 2.05) is 6.92 Å². The van der Waals surface area contributed by atoms with E-state index in [2.05, 4.69) is 11.0 Å². The van der Waals surface area contributed by atoms with Crippen LogP contribution >= 0.6 is 0 Å². The molecule has 0 N–H and O–H groups in total. The van der Waals surface area contributed by atoms with E-state index in [0.717, 1.165) is 37.7 Å². The maximum absolute atomic E-state index is 13.5. The first-order valence-electron chi connectivity index (χ1n) is 9.52. The van der Waals surface area contributed by atoms with Crippen molar-refractivity contribution in [2.75, 3.05) is 45.6 Å². The van der Waals surface area contributed by atoms with Gasteiger partial charge in [-0.05, 0) is 48.2 Å². The normalized spacial score (nSPS) is 16.1. The molecule has 1 radical (unpaired) electrons. The predicted molar refractivity (Wildman–Crippen MR) is 108 cm³/mol. The molecule has 2 aromatic carbocycles. The van der Waals surface area contributed by atoms with Crippen LogP contribution in [0.15, 0.2) is 30.3 Å². The van der Waals surface area contributed by atoms with Gasteiger partial charge >= 0.3 is 0 Å². The van der Waals surface area contributed by atoms with Crippen molar-refractivity contribution in [1.29, 1.82) is 0 Å². The van der Waals surface area contributed by atoms with E-state index in [1.165, 1.54) is 22.7 Å². The van der Waals surface area contributed by atoms with E-state index in [-0.39, 0.29) is 0 Å². The molecule has 5 nitrogen and oxygen atoms in total. The fourth-order valence-electron chi connectivity index (χ4n) is 3.44. The number of ether oxygens (including phenoxy) is 1. The van der Waals surface area contributed by atoms with Crippen molar-refractivity contribution in [3.63, 3.8) is 0 Å². The van der Waals surface area contributed by atoms with Gasteiger partial charge in [0, 0.05) is 44.9 Å². The van der Waals surface area contributed by atoms with Gasteiger partial charge in [0.15, 0.2) is 0 Å². The molecule has 0 atom stereocenters. The number of nitrogens with zero attached hydrogens (tertiary/aromatic N) is 2. The summed E-state index contributed by atoms with van der Waals surface area (Å²) in [7, 11) is -3.11. The molecule has 0 unspecified atom stereocenters. The Hall–Kier alpha value is -2.03. The monoisotopic (exact) mass is 423 g/mol. The Morgan fingerprint density at radius 1 is 1.07 bits per heavy atom. The second-order valence-corrected chi connectivity index (χ2v) is 9.21. The van der Waals surface area contributed by atoms with E-state index < -0.39 is 21.7 Å². The molecule has 2 aromatic rings. The third-order valence-electron chi connectivity index (χ3n) is 4.97. The largest absolute Gasteiger partial charge is 0.493 e. The lowest BCUT2D eigenvalue weighted by molar-refractivity contribution is 0.175. The van der Waals surface area contributed by atoms with Crippen molar-refractivity contribution < 1.29 is 21.9 Å². The third kappa shape index (κ3) is 5.98. The van der Waals surface area contributed by atoms with Gasteiger partial charge in [-0.3, -0.25) is 0 Å². The molecule has 0 amide bonds. The molecule has 0 spiro atoms. The molecule has 0 aliphatic carbocycles. The quantitative estimate of drug-likeness (QED) is 0.643. The van der Waals surface area contributed by atoms with Crippen LogP contribution in [0.1, 0.15) is 12.0 Å². The Kier molecular flexibility index (Phi) is 6.87. The molecule has 0 saturated carbocycles. The molecule has 1 heterocycles. The lowest BCUT2D eigenvalue weighted by Gasteiger charge is -2.33. The molecular formula is C21H25F2N2O3S. The standard InChI is InChI=1S/C21H25F2N2O3S/c1-16-12-20(4-5-21(16)17-13-18(22)15-19(23)14-17)28-11-3-6-24-7-9-25(10-8-24)29(2,26)27/h4-5,13-15H,3,6-11H2,1-2H3. The molecule has 1 fully saturated rings. The zero-order valence-corrected chi connectivity index (χ0v) is 17.4. The number of benzene rings is 2. The fraction of sp³-hybridized carbons (Fsp3) is 0.429. The van der Waals surface area contributed by atoms with Crippen LogP contribution < -0.4 is 4.74 Å². The van der Waals surface area contributed by atoms with E-state index in [1.54, 1.807) is 12.1 Å². The number of rotatable bonds is 7. The molecule has 29 heavy (non-hydrogen) atoms. The summed E-state index contributed by atoms with van der Waals surface area (Å²) in [5, 5.41) is 0. The van der Waals surface area contributed by atoms with Crippen LogP contribution in [0.25, 0.3) is 11.1 Å². The second-order valence-electron chi connectivity index (χ2n) is 7.23. The third-order valence-corrected chi connectivity index (χ3v) is 6.27. The SMILES string of the molecule is Cc1[c]c(OCCCN2CCN(S(C)(=O)=O)CC2)ccc1-c1cc(F)cc(F)c1. The van der Waals surface area contributed by atoms with E-state index >= 15 is 0 Å². The van der Waals surface area contributed by atoms with Crippen LogP contribution in [0.3, 0.4) is 0 Å². The Morgan fingerprint density at radius 3 is 2.31 bits per heavy atom. The van der Waals surface area contributed by atoms with Crippen LogP contribution in [0.5, 0.6) is 5.75 Å². The average Bonchev–Trinajstić information content (AvgIpc) is 2.64. The van der Waals surface area contributed by atoms with Crippen molar-refractivity contribution in [3.05, 3.63) is 53.6 Å². The Labute approximate surface area is 170 Å². The van der Waals surface area contributed by atoms with Gasteiger partial charge in [0.05, 0.1) is 12.9 Å². The van der Waals surface area contributed by atoms with Gasteiger partial charge in [-0.1, -0.05) is 6.07 Å². The summed E-state index contributed by atoms with van der Waals surface area (Å²) in [6.07, 6.45) is 2.05. The summed E-state index contributed by atoms with van der Waals surface area (Å²) in [5.74, 6) is -0.640. The number of aryl methyl sites for hydroxylation is 1. The van der Waals surface area contributed by atoms with E-state index in [9.17, 15) is 17.2 Å². The molecule has 0 bridgehead atoms. The zero-order valence-electron chi connectivity index (χ0n) is 16.6. The first kappa shape index (κ1) is 21.7. The Morgan fingerprint density at radius 2 is 1.72 bits per heavy atom. The van der Waals surface area contributed by atoms with Crippen molar-refractivity contribution in [2.45, 2.75) is 13.3 Å². The maximum Gasteiger partial charge on any atom is 0.211 e. The van der Waals surface area contributed by atoms with Gasteiger partial charge in [-0.15, -0.1) is 0 Å². The highest BCUT2D eigenvalue weighted by atomic mass is 32.2. The minimum absolute atomic E-state index is 0.469. The molecule has 3 rings (SSSR count). The molecule has 1 aliphatic heterocycles. The number of hydrogen-bond acceptors (Lipinski definition) is 4. The van der Waals surface area contributed by atoms with E-state index in [4.69, 9.17) is 4.74 Å². The topological polar surface area (TPSA) is 49.9 Å². The average molecular weight is 424 g/mol. The minimum Gasteiger partial charge on any atom is -0.493 e. The maximum atomic E-state index is 13.5. The van der Waals surface area contributed by atoms with Crippen molar-refractivity contribution >= 4 is 10.0 Å². The molecule has 1 saturated heterocycles. The van der Waals surface area contributed by atoms with Gasteiger partial charge in [0.25, 0.3) is 0 Å². The highest BCUT2D eigenvalue weighted by Crippen LogP contribution is 2.27. The molecule has 8 heteroatoms. The zero-order chi connectivity index (χ0) is 21.0. The number of halogens is 2. The van der Waals surface area contributed by atoms with Crippen molar-refractivity contribution in [1.82, 2.24) is 9.21 Å². The number of hydrogen-bond donors (Lipinski definition) is 0. The highest BCUT2D eigenvalue weighted by Gasteiger charge is 2.22. The first-order valence-corrected chi connectivity index (χ1v) is 11.4. The summed E-state index contributed by atoms with van der Waals surface area (Å²) in [4.78, 5) is 2.22. The molecule has 1 aliphatic rings. The summed E-state index contributed by atoms with van der Waals surface area (Å²) in [6.45, 7) is 5.65. The molecular weight excluding hydrogens is 398 g/mol. The minimum atomic E-state index is -3.11. The molecule has 0 aromatic heterocycles. The predicted octanol–water partition coefficient (Wildman–Crippen LogP) is 3.09. The van der Waals surface area contributed by atoms with Crippen LogP contribution in [-0.2, 0) is 10.0 Å². The smallest absolute Gasteiger partial charge is 0.211 e. The summed E-state index contributed by atoms with van der Waals surface area (Å²) >= 11 is 0. The lowest BCUT2D eigenvalue weighted by Crippen LogP contribution is -2.48. The van der Waals surface area contributed by atoms with Gasteiger partial charge in [-0.2, -0.15) is 4.31 Å². The summed E-state index contributed by atoms with van der Waals surface area (Å²) in [5.41, 5.74) is 1.93. The van der Waals surface area contributed by atoms with Crippen LogP contribution in [0, 0.1) is 24.6 Å². The van der Waals surface area contributed by atoms with Gasteiger partial charge in [0.1, 0.15) is 17.4 Å².